The lowest BCUT2D eigenvalue weighted by Gasteiger charge is -2.18. The molecule has 0 aromatic heterocycles. The van der Waals surface area contributed by atoms with Crippen molar-refractivity contribution in [2.24, 2.45) is 5.41 Å². The highest BCUT2D eigenvalue weighted by Crippen LogP contribution is 2.36. The molecule has 88 valence electrons. The first-order valence-electron chi connectivity index (χ1n) is 5.97. The van der Waals surface area contributed by atoms with Crippen LogP contribution in [0, 0.1) is 5.41 Å². The third-order valence-corrected chi connectivity index (χ3v) is 3.19. The second-order valence-electron chi connectivity index (χ2n) is 5.50. The first-order valence-corrected chi connectivity index (χ1v) is 5.97. The van der Waals surface area contributed by atoms with E-state index in [0.717, 1.165) is 17.4 Å². The number of benzene rings is 1. The van der Waals surface area contributed by atoms with Gasteiger partial charge in [-0.3, -0.25) is 4.79 Å². The Morgan fingerprint density at radius 3 is 2.47 bits per heavy atom. The van der Waals surface area contributed by atoms with E-state index < -0.39 is 0 Å². The van der Waals surface area contributed by atoms with Crippen LogP contribution in [0.3, 0.4) is 0 Å². The van der Waals surface area contributed by atoms with Gasteiger partial charge in [0.05, 0.1) is 0 Å². The summed E-state index contributed by atoms with van der Waals surface area (Å²) >= 11 is 0. The molecule has 2 rings (SSSR count). The minimum Gasteiger partial charge on any atom is -0.298 e. The summed E-state index contributed by atoms with van der Waals surface area (Å²) in [5, 5.41) is 0. The Balaban J connectivity index is 2.36. The lowest BCUT2D eigenvalue weighted by atomic mass is 9.86. The van der Waals surface area contributed by atoms with Crippen molar-refractivity contribution in [1.82, 2.24) is 0 Å². The van der Waals surface area contributed by atoms with Gasteiger partial charge in [0.15, 0.2) is 0 Å². The average molecular weight is 226 g/mol. The van der Waals surface area contributed by atoms with Gasteiger partial charge >= 0.3 is 0 Å². The monoisotopic (exact) mass is 226 g/mol. The first-order chi connectivity index (χ1) is 8.02. The molecule has 0 saturated heterocycles. The van der Waals surface area contributed by atoms with Crippen LogP contribution < -0.4 is 0 Å². The molecule has 0 radical (unpaired) electrons. The Hall–Kier alpha value is -1.63. The van der Waals surface area contributed by atoms with Crippen molar-refractivity contribution >= 4 is 6.29 Å². The molecule has 1 aromatic carbocycles. The van der Waals surface area contributed by atoms with Gasteiger partial charge in [0, 0.05) is 11.5 Å². The Morgan fingerprint density at radius 2 is 1.88 bits per heavy atom. The molecule has 1 heteroatoms. The van der Waals surface area contributed by atoms with Gasteiger partial charge in [-0.15, -0.1) is 0 Å². The molecular weight excluding hydrogens is 208 g/mol. The minimum absolute atomic E-state index is 0.168. The van der Waals surface area contributed by atoms with Crippen molar-refractivity contribution in [3.05, 3.63) is 59.2 Å². The quantitative estimate of drug-likeness (QED) is 0.693. The van der Waals surface area contributed by atoms with Crippen molar-refractivity contribution in [2.75, 3.05) is 0 Å². The predicted molar refractivity (Wildman–Crippen MR) is 71.2 cm³/mol. The van der Waals surface area contributed by atoms with Gasteiger partial charge in [-0.1, -0.05) is 63.3 Å². The molecule has 1 aliphatic rings. The largest absolute Gasteiger partial charge is 0.298 e. The molecule has 0 heterocycles. The molecule has 1 nitrogen and oxygen atoms in total. The molecule has 1 unspecified atom stereocenters. The molecule has 1 aromatic rings. The van der Waals surface area contributed by atoms with Crippen molar-refractivity contribution in [2.45, 2.75) is 26.7 Å². The Morgan fingerprint density at radius 1 is 1.18 bits per heavy atom. The van der Waals surface area contributed by atoms with E-state index in [0.29, 0.717) is 0 Å². The second-order valence-corrected chi connectivity index (χ2v) is 5.50. The Labute approximate surface area is 103 Å². The third kappa shape index (κ3) is 2.38. The van der Waals surface area contributed by atoms with E-state index in [4.69, 9.17) is 0 Å². The summed E-state index contributed by atoms with van der Waals surface area (Å²) in [5.74, 6) is 0.241. The number of carbonyl (C=O) groups is 1. The van der Waals surface area contributed by atoms with E-state index in [1.54, 1.807) is 0 Å². The van der Waals surface area contributed by atoms with Crippen LogP contribution in [0.4, 0.5) is 0 Å². The number of allylic oxidation sites excluding steroid dienone is 4. The smallest absolute Gasteiger partial charge is 0.150 e. The Kier molecular flexibility index (Phi) is 3.01. The van der Waals surface area contributed by atoms with Gasteiger partial charge in [-0.2, -0.15) is 0 Å². The van der Waals surface area contributed by atoms with E-state index in [1.807, 2.05) is 24.3 Å². The van der Waals surface area contributed by atoms with Crippen molar-refractivity contribution < 1.29 is 4.79 Å². The van der Waals surface area contributed by atoms with Crippen LogP contribution in [-0.4, -0.2) is 6.29 Å². The van der Waals surface area contributed by atoms with E-state index in [1.165, 1.54) is 5.57 Å². The molecule has 1 aliphatic carbocycles. The van der Waals surface area contributed by atoms with Gasteiger partial charge < -0.3 is 0 Å². The summed E-state index contributed by atoms with van der Waals surface area (Å²) in [6, 6.07) is 7.79. The average Bonchev–Trinajstić information content (AvgIpc) is 2.77. The van der Waals surface area contributed by atoms with Crippen molar-refractivity contribution in [3.8, 4) is 0 Å². The zero-order chi connectivity index (χ0) is 12.5. The predicted octanol–water partition coefficient (Wildman–Crippen LogP) is 4.13. The molecule has 0 amide bonds. The summed E-state index contributed by atoms with van der Waals surface area (Å²) in [6.07, 6.45) is 7.53. The van der Waals surface area contributed by atoms with Crippen LogP contribution in [0.25, 0.3) is 0 Å². The molecule has 0 saturated carbocycles. The van der Waals surface area contributed by atoms with Crippen LogP contribution in [0.15, 0.2) is 48.1 Å². The zero-order valence-corrected chi connectivity index (χ0v) is 10.6. The summed E-state index contributed by atoms with van der Waals surface area (Å²) in [7, 11) is 0. The first kappa shape index (κ1) is 11.8. The second kappa shape index (κ2) is 4.33. The highest BCUT2D eigenvalue weighted by molar-refractivity contribution is 5.78. The Bertz CT molecular complexity index is 486. The van der Waals surface area contributed by atoms with Crippen molar-refractivity contribution in [1.29, 1.82) is 0 Å². The molecule has 1 atom stereocenters. The standard InChI is InChI=1S/C16H18O/c1-16(2,3)14-9-8-12(10-14)15-7-5-4-6-13(15)11-17/h4-12H,1-3H3. The van der Waals surface area contributed by atoms with E-state index in [2.05, 4.69) is 39.0 Å². The summed E-state index contributed by atoms with van der Waals surface area (Å²) < 4.78 is 0. The number of carbonyl (C=O) groups excluding carboxylic acids is 1. The SMILES string of the molecule is CC(C)(C)C1=CC(c2ccccc2C=O)C=C1. The van der Waals surface area contributed by atoms with E-state index in [9.17, 15) is 4.79 Å². The van der Waals surface area contributed by atoms with E-state index >= 15 is 0 Å². The summed E-state index contributed by atoms with van der Waals surface area (Å²) in [6.45, 7) is 6.62. The molecule has 0 aliphatic heterocycles. The topological polar surface area (TPSA) is 17.1 Å². The molecular formula is C16H18O. The fraction of sp³-hybridized carbons (Fsp3) is 0.312. The maximum atomic E-state index is 11.0. The van der Waals surface area contributed by atoms with E-state index in [-0.39, 0.29) is 11.3 Å². The highest BCUT2D eigenvalue weighted by atomic mass is 16.1. The number of hydrogen-bond acceptors (Lipinski definition) is 1. The van der Waals surface area contributed by atoms with Crippen LogP contribution in [0.1, 0.15) is 42.6 Å². The van der Waals surface area contributed by atoms with Gasteiger partial charge in [0.1, 0.15) is 6.29 Å². The third-order valence-electron chi connectivity index (χ3n) is 3.19. The van der Waals surface area contributed by atoms with Gasteiger partial charge in [-0.05, 0) is 16.6 Å². The minimum atomic E-state index is 0.168. The number of aldehydes is 1. The van der Waals surface area contributed by atoms with Crippen LogP contribution in [0.2, 0.25) is 0 Å². The molecule has 0 spiro atoms. The van der Waals surface area contributed by atoms with Gasteiger partial charge in [-0.25, -0.2) is 0 Å². The molecule has 17 heavy (non-hydrogen) atoms. The van der Waals surface area contributed by atoms with Crippen LogP contribution in [-0.2, 0) is 0 Å². The fourth-order valence-corrected chi connectivity index (χ4v) is 2.13. The molecule has 0 fully saturated rings. The lowest BCUT2D eigenvalue weighted by molar-refractivity contribution is 0.112. The fourth-order valence-electron chi connectivity index (χ4n) is 2.13. The maximum Gasteiger partial charge on any atom is 0.150 e. The van der Waals surface area contributed by atoms with Gasteiger partial charge in [0.25, 0.3) is 0 Å². The summed E-state index contributed by atoms with van der Waals surface area (Å²) in [5.41, 5.74) is 3.39. The van der Waals surface area contributed by atoms with Crippen LogP contribution >= 0.6 is 0 Å². The highest BCUT2D eigenvalue weighted by Gasteiger charge is 2.21. The normalized spacial score (nSPS) is 19.2. The molecule has 0 bridgehead atoms. The summed E-state index contributed by atoms with van der Waals surface area (Å²) in [4.78, 5) is 11.0. The van der Waals surface area contributed by atoms with Crippen LogP contribution in [0.5, 0.6) is 0 Å². The number of rotatable bonds is 2. The lowest BCUT2D eigenvalue weighted by Crippen LogP contribution is -2.06. The zero-order valence-electron chi connectivity index (χ0n) is 10.6. The van der Waals surface area contributed by atoms with Crippen molar-refractivity contribution in [3.63, 3.8) is 0 Å². The molecule has 0 N–H and O–H groups in total. The van der Waals surface area contributed by atoms with Gasteiger partial charge in [0.2, 0.25) is 0 Å². The maximum absolute atomic E-state index is 11.0. The number of hydrogen-bond donors (Lipinski definition) is 0.